The fraction of sp³-hybridized carbons (Fsp3) is 0.273. The molecule has 1 fully saturated rings. The molecular formula is C22H24ClFN4O. The molecule has 5 nitrogen and oxygen atoms in total. The van der Waals surface area contributed by atoms with E-state index in [1.165, 1.54) is 6.07 Å². The van der Waals surface area contributed by atoms with Gasteiger partial charge in [0.15, 0.2) is 0 Å². The van der Waals surface area contributed by atoms with Crippen molar-refractivity contribution in [3.05, 3.63) is 77.4 Å². The van der Waals surface area contributed by atoms with Gasteiger partial charge in [0.2, 0.25) is 0 Å². The van der Waals surface area contributed by atoms with Crippen molar-refractivity contribution >= 4 is 24.0 Å². The van der Waals surface area contributed by atoms with Crippen LogP contribution in [0.25, 0.3) is 5.69 Å². The Morgan fingerprint density at radius 3 is 2.59 bits per heavy atom. The van der Waals surface area contributed by atoms with Crippen LogP contribution in [0.3, 0.4) is 0 Å². The number of amides is 1. The van der Waals surface area contributed by atoms with Crippen LogP contribution in [-0.2, 0) is 0 Å². The van der Waals surface area contributed by atoms with Crippen LogP contribution in [0.5, 0.6) is 0 Å². The summed E-state index contributed by atoms with van der Waals surface area (Å²) in [5.41, 5.74) is 3.37. The van der Waals surface area contributed by atoms with E-state index in [-0.39, 0.29) is 30.0 Å². The topological polar surface area (TPSA) is 59.0 Å². The molecular weight excluding hydrogens is 391 g/mol. The third-order valence-electron chi connectivity index (χ3n) is 5.21. The number of carbonyl (C=O) groups is 1. The lowest BCUT2D eigenvalue weighted by molar-refractivity contribution is 0.102. The Kier molecular flexibility index (Phi) is 6.67. The molecule has 2 aromatic carbocycles. The molecule has 0 aliphatic carbocycles. The highest BCUT2D eigenvalue weighted by Gasteiger charge is 2.27. The van der Waals surface area contributed by atoms with Crippen LogP contribution in [-0.4, -0.2) is 28.8 Å². The normalized spacial score (nSPS) is 14.3. The number of para-hydroxylation sites is 1. The first-order chi connectivity index (χ1) is 13.6. The molecule has 1 aliphatic heterocycles. The van der Waals surface area contributed by atoms with Crippen LogP contribution in [0, 0.1) is 12.7 Å². The van der Waals surface area contributed by atoms with Crippen LogP contribution in [0.15, 0.2) is 54.7 Å². The first kappa shape index (κ1) is 21.0. The van der Waals surface area contributed by atoms with Crippen LogP contribution < -0.4 is 10.6 Å². The number of hydrogen-bond donors (Lipinski definition) is 2. The van der Waals surface area contributed by atoms with Crippen LogP contribution in [0.1, 0.15) is 40.4 Å². The Bertz CT molecular complexity index is 984. The van der Waals surface area contributed by atoms with Gasteiger partial charge in [-0.05, 0) is 62.7 Å². The molecule has 1 aromatic heterocycles. The first-order valence-electron chi connectivity index (χ1n) is 9.55. The van der Waals surface area contributed by atoms with Crippen molar-refractivity contribution in [1.82, 2.24) is 15.1 Å². The number of benzene rings is 2. The van der Waals surface area contributed by atoms with Crippen molar-refractivity contribution in [2.75, 3.05) is 18.4 Å². The van der Waals surface area contributed by atoms with E-state index in [9.17, 15) is 9.18 Å². The summed E-state index contributed by atoms with van der Waals surface area (Å²) in [6.07, 6.45) is 3.50. The highest BCUT2D eigenvalue weighted by atomic mass is 35.5. The second-order valence-corrected chi connectivity index (χ2v) is 7.13. The number of halogens is 2. The SMILES string of the molecule is Cc1ccc(NC(=O)c2cnn(-c3ccccc3)c2C2CCNCC2)cc1F.Cl. The fourth-order valence-corrected chi connectivity index (χ4v) is 3.67. The highest BCUT2D eigenvalue weighted by Crippen LogP contribution is 2.30. The molecule has 7 heteroatoms. The van der Waals surface area contributed by atoms with Crippen molar-refractivity contribution in [2.24, 2.45) is 0 Å². The zero-order valence-electron chi connectivity index (χ0n) is 16.2. The van der Waals surface area contributed by atoms with Gasteiger partial charge < -0.3 is 10.6 Å². The van der Waals surface area contributed by atoms with Gasteiger partial charge in [0.05, 0.1) is 23.1 Å². The zero-order valence-corrected chi connectivity index (χ0v) is 17.0. The van der Waals surface area contributed by atoms with E-state index in [4.69, 9.17) is 0 Å². The summed E-state index contributed by atoms with van der Waals surface area (Å²) in [5.74, 6) is -0.366. The number of anilines is 1. The van der Waals surface area contributed by atoms with E-state index in [1.54, 1.807) is 25.3 Å². The molecule has 1 saturated heterocycles. The lowest BCUT2D eigenvalue weighted by Gasteiger charge is -2.24. The number of aromatic nitrogens is 2. The van der Waals surface area contributed by atoms with E-state index >= 15 is 0 Å². The van der Waals surface area contributed by atoms with Crippen molar-refractivity contribution in [3.8, 4) is 5.69 Å². The molecule has 1 aliphatic rings. The quantitative estimate of drug-likeness (QED) is 0.662. The van der Waals surface area contributed by atoms with Gasteiger partial charge in [-0.2, -0.15) is 5.10 Å². The average Bonchev–Trinajstić information content (AvgIpc) is 3.17. The Morgan fingerprint density at radius 1 is 1.17 bits per heavy atom. The van der Waals surface area contributed by atoms with Gasteiger partial charge in [-0.1, -0.05) is 24.3 Å². The van der Waals surface area contributed by atoms with E-state index < -0.39 is 0 Å². The van der Waals surface area contributed by atoms with Gasteiger partial charge in [0.1, 0.15) is 5.82 Å². The van der Waals surface area contributed by atoms with E-state index in [0.29, 0.717) is 16.8 Å². The van der Waals surface area contributed by atoms with Gasteiger partial charge in [-0.3, -0.25) is 4.79 Å². The Labute approximate surface area is 175 Å². The van der Waals surface area contributed by atoms with Crippen LogP contribution in [0.2, 0.25) is 0 Å². The standard InChI is InChI=1S/C22H23FN4O.ClH/c1-15-7-8-17(13-20(15)23)26-22(28)19-14-25-27(18-5-3-2-4-6-18)21(19)16-9-11-24-12-10-16;/h2-8,13-14,16,24H,9-12H2,1H3,(H,26,28);1H. The molecule has 4 rings (SSSR count). The molecule has 0 unspecified atom stereocenters. The largest absolute Gasteiger partial charge is 0.322 e. The van der Waals surface area contributed by atoms with Crippen molar-refractivity contribution in [3.63, 3.8) is 0 Å². The maximum atomic E-state index is 13.9. The third kappa shape index (κ3) is 4.49. The molecule has 152 valence electrons. The number of nitrogens with zero attached hydrogens (tertiary/aromatic N) is 2. The number of piperidine rings is 1. The van der Waals surface area contributed by atoms with Crippen molar-refractivity contribution < 1.29 is 9.18 Å². The summed E-state index contributed by atoms with van der Waals surface area (Å²) in [5, 5.41) is 10.7. The molecule has 0 spiro atoms. The summed E-state index contributed by atoms with van der Waals surface area (Å²) >= 11 is 0. The number of nitrogens with one attached hydrogen (secondary N) is 2. The van der Waals surface area contributed by atoms with E-state index in [2.05, 4.69) is 15.7 Å². The molecule has 3 aromatic rings. The average molecular weight is 415 g/mol. The van der Waals surface area contributed by atoms with Crippen molar-refractivity contribution in [1.29, 1.82) is 0 Å². The molecule has 0 radical (unpaired) electrons. The number of rotatable bonds is 4. The lowest BCUT2D eigenvalue weighted by Crippen LogP contribution is -2.29. The van der Waals surface area contributed by atoms with Gasteiger partial charge in [-0.15, -0.1) is 12.4 Å². The summed E-state index contributed by atoms with van der Waals surface area (Å²) in [7, 11) is 0. The second-order valence-electron chi connectivity index (χ2n) is 7.13. The number of aryl methyl sites for hydroxylation is 1. The summed E-state index contributed by atoms with van der Waals surface area (Å²) in [6, 6.07) is 14.5. The number of hydrogen-bond acceptors (Lipinski definition) is 3. The Balaban J connectivity index is 0.00000240. The Hall–Kier alpha value is -2.70. The second kappa shape index (κ2) is 9.20. The van der Waals surface area contributed by atoms with Crippen LogP contribution in [0.4, 0.5) is 10.1 Å². The van der Waals surface area contributed by atoms with Gasteiger partial charge >= 0.3 is 0 Å². The van der Waals surface area contributed by atoms with Gasteiger partial charge in [0.25, 0.3) is 5.91 Å². The summed E-state index contributed by atoms with van der Waals surface area (Å²) in [4.78, 5) is 13.0. The van der Waals surface area contributed by atoms with E-state index in [0.717, 1.165) is 37.3 Å². The first-order valence-corrected chi connectivity index (χ1v) is 9.55. The molecule has 29 heavy (non-hydrogen) atoms. The third-order valence-corrected chi connectivity index (χ3v) is 5.21. The van der Waals surface area contributed by atoms with Gasteiger partial charge in [0, 0.05) is 11.6 Å². The highest BCUT2D eigenvalue weighted by molar-refractivity contribution is 6.05. The maximum absolute atomic E-state index is 13.9. The molecule has 0 atom stereocenters. The summed E-state index contributed by atoms with van der Waals surface area (Å²) in [6.45, 7) is 3.52. The summed E-state index contributed by atoms with van der Waals surface area (Å²) < 4.78 is 15.7. The predicted molar refractivity (Wildman–Crippen MR) is 115 cm³/mol. The Morgan fingerprint density at radius 2 is 1.90 bits per heavy atom. The minimum atomic E-state index is -0.337. The van der Waals surface area contributed by atoms with Gasteiger partial charge in [-0.25, -0.2) is 9.07 Å². The van der Waals surface area contributed by atoms with Crippen LogP contribution >= 0.6 is 12.4 Å². The molecule has 2 heterocycles. The fourth-order valence-electron chi connectivity index (χ4n) is 3.67. The molecule has 0 bridgehead atoms. The molecule has 0 saturated carbocycles. The predicted octanol–water partition coefficient (Wildman–Crippen LogP) is 4.46. The lowest BCUT2D eigenvalue weighted by atomic mass is 9.91. The van der Waals surface area contributed by atoms with E-state index in [1.807, 2.05) is 35.0 Å². The molecule has 1 amide bonds. The smallest absolute Gasteiger partial charge is 0.259 e. The minimum Gasteiger partial charge on any atom is -0.322 e. The number of carbonyl (C=O) groups excluding carboxylic acids is 1. The molecule has 2 N–H and O–H groups in total. The maximum Gasteiger partial charge on any atom is 0.259 e. The zero-order chi connectivity index (χ0) is 19.5. The minimum absolute atomic E-state index is 0. The monoisotopic (exact) mass is 414 g/mol. The van der Waals surface area contributed by atoms with Crippen molar-refractivity contribution in [2.45, 2.75) is 25.7 Å².